The van der Waals surface area contributed by atoms with Gasteiger partial charge in [0.25, 0.3) is 11.8 Å². The highest BCUT2D eigenvalue weighted by Gasteiger charge is 2.29. The maximum atomic E-state index is 13.0. The Morgan fingerprint density at radius 2 is 1.50 bits per heavy atom. The average Bonchev–Trinajstić information content (AvgIpc) is 2.75. The number of nitrogens with zero attached hydrogens (tertiary/aromatic N) is 1. The minimum Gasteiger partial charge on any atom is -0.350 e. The summed E-state index contributed by atoms with van der Waals surface area (Å²) in [6.45, 7) is 4.53. The summed E-state index contributed by atoms with van der Waals surface area (Å²) in [6.07, 6.45) is 2.56. The van der Waals surface area contributed by atoms with Crippen molar-refractivity contribution in [3.8, 4) is 0 Å². The molecule has 7 nitrogen and oxygen atoms in total. The van der Waals surface area contributed by atoms with Crippen LogP contribution in [0.1, 0.15) is 53.8 Å². The first-order valence-corrected chi connectivity index (χ1v) is 12.5. The predicted molar refractivity (Wildman–Crippen MR) is 126 cm³/mol. The van der Waals surface area contributed by atoms with Crippen molar-refractivity contribution in [2.75, 3.05) is 18.4 Å². The second-order valence-corrected chi connectivity index (χ2v) is 10.6. The van der Waals surface area contributed by atoms with Crippen LogP contribution in [-0.2, 0) is 10.0 Å². The molecule has 0 saturated carbocycles. The predicted octanol–water partition coefficient (Wildman–Crippen LogP) is 4.56. The highest BCUT2D eigenvalue weighted by Crippen LogP contribution is 2.29. The largest absolute Gasteiger partial charge is 0.350 e. The van der Waals surface area contributed by atoms with Gasteiger partial charge < -0.3 is 10.6 Å². The summed E-state index contributed by atoms with van der Waals surface area (Å²) in [5, 5.41) is 5.72. The summed E-state index contributed by atoms with van der Waals surface area (Å²) in [7, 11) is -3.82. The number of hydrogen-bond donors (Lipinski definition) is 2. The van der Waals surface area contributed by atoms with Crippen molar-refractivity contribution in [1.29, 1.82) is 0 Å². The van der Waals surface area contributed by atoms with Crippen LogP contribution in [0.3, 0.4) is 0 Å². The van der Waals surface area contributed by atoms with Gasteiger partial charge in [0.05, 0.1) is 15.7 Å². The van der Waals surface area contributed by atoms with Gasteiger partial charge in [-0.25, -0.2) is 8.42 Å². The van der Waals surface area contributed by atoms with Crippen molar-refractivity contribution in [3.05, 3.63) is 57.6 Å². The van der Waals surface area contributed by atoms with E-state index in [2.05, 4.69) is 10.6 Å². The Morgan fingerprint density at radius 3 is 2.12 bits per heavy atom. The van der Waals surface area contributed by atoms with E-state index < -0.39 is 15.9 Å². The van der Waals surface area contributed by atoms with Crippen LogP contribution in [0.2, 0.25) is 10.0 Å². The molecule has 0 aromatic heterocycles. The minimum absolute atomic E-state index is 0.0504. The molecule has 1 aliphatic rings. The first-order valence-electron chi connectivity index (χ1n) is 10.3. The van der Waals surface area contributed by atoms with Gasteiger partial charge >= 0.3 is 0 Å². The third kappa shape index (κ3) is 5.61. The molecule has 2 aromatic rings. The number of piperidine rings is 1. The molecule has 0 unspecified atom stereocenters. The lowest BCUT2D eigenvalue weighted by Gasteiger charge is -2.26. The lowest BCUT2D eigenvalue weighted by Crippen LogP contribution is -2.35. The number of carbonyl (C=O) groups excluding carboxylic acids is 2. The number of anilines is 1. The van der Waals surface area contributed by atoms with Crippen LogP contribution in [0.25, 0.3) is 0 Å². The summed E-state index contributed by atoms with van der Waals surface area (Å²) in [4.78, 5) is 25.0. The molecule has 2 amide bonds. The van der Waals surface area contributed by atoms with E-state index in [9.17, 15) is 18.0 Å². The van der Waals surface area contributed by atoms with Crippen LogP contribution >= 0.6 is 23.2 Å². The number of benzene rings is 2. The van der Waals surface area contributed by atoms with Crippen LogP contribution in [0.4, 0.5) is 5.69 Å². The Balaban J connectivity index is 1.86. The molecule has 0 atom stereocenters. The second kappa shape index (κ2) is 10.2. The molecular weight excluding hydrogens is 473 g/mol. The van der Waals surface area contributed by atoms with Gasteiger partial charge in [-0.2, -0.15) is 4.31 Å². The van der Waals surface area contributed by atoms with Crippen molar-refractivity contribution in [1.82, 2.24) is 9.62 Å². The molecule has 0 aliphatic carbocycles. The lowest BCUT2D eigenvalue weighted by atomic mass is 10.1. The van der Waals surface area contributed by atoms with Gasteiger partial charge in [-0.15, -0.1) is 0 Å². The minimum atomic E-state index is -3.82. The number of sulfonamides is 1. The summed E-state index contributed by atoms with van der Waals surface area (Å²) >= 11 is 12.4. The van der Waals surface area contributed by atoms with E-state index in [4.69, 9.17) is 23.2 Å². The Hall–Kier alpha value is -2.13. The standard InChI is InChI=1S/C22H25Cl2N3O4S/c1-14(2)25-21(28)15-6-8-17(23)19(12-15)26-22(29)16-7-9-18(24)20(13-16)32(30,31)27-10-4-3-5-11-27/h6-9,12-14H,3-5,10-11H2,1-2H3,(H,25,28)(H,26,29). The SMILES string of the molecule is CC(C)NC(=O)c1ccc(Cl)c(NC(=O)c2ccc(Cl)c(S(=O)(=O)N3CCCCC3)c2)c1. The maximum Gasteiger partial charge on any atom is 0.255 e. The fourth-order valence-electron chi connectivity index (χ4n) is 3.39. The third-order valence-corrected chi connectivity index (χ3v) is 7.73. The molecule has 1 aliphatic heterocycles. The molecule has 1 saturated heterocycles. The maximum absolute atomic E-state index is 13.0. The van der Waals surface area contributed by atoms with Crippen LogP contribution in [-0.4, -0.2) is 43.7 Å². The molecule has 2 N–H and O–H groups in total. The molecule has 10 heteroatoms. The summed E-state index contributed by atoms with van der Waals surface area (Å²) in [5.74, 6) is -0.867. The molecule has 0 spiro atoms. The highest BCUT2D eigenvalue weighted by molar-refractivity contribution is 7.89. The molecule has 172 valence electrons. The Labute approximate surface area is 198 Å². The van der Waals surface area contributed by atoms with E-state index in [1.54, 1.807) is 6.07 Å². The second-order valence-electron chi connectivity index (χ2n) is 7.89. The normalized spacial score (nSPS) is 14.9. The van der Waals surface area contributed by atoms with Crippen molar-refractivity contribution in [2.24, 2.45) is 0 Å². The lowest BCUT2D eigenvalue weighted by molar-refractivity contribution is 0.0941. The van der Waals surface area contributed by atoms with E-state index in [1.165, 1.54) is 34.6 Å². The molecule has 0 bridgehead atoms. The van der Waals surface area contributed by atoms with Crippen molar-refractivity contribution < 1.29 is 18.0 Å². The zero-order valence-corrected chi connectivity index (χ0v) is 20.1. The Kier molecular flexibility index (Phi) is 7.82. The molecule has 1 fully saturated rings. The fourth-order valence-corrected chi connectivity index (χ4v) is 5.57. The van der Waals surface area contributed by atoms with E-state index in [-0.39, 0.29) is 38.1 Å². The van der Waals surface area contributed by atoms with Crippen LogP contribution in [0.5, 0.6) is 0 Å². The quantitative estimate of drug-likeness (QED) is 0.611. The highest BCUT2D eigenvalue weighted by atomic mass is 35.5. The third-order valence-electron chi connectivity index (χ3n) is 5.02. The topological polar surface area (TPSA) is 95.6 Å². The number of hydrogen-bond acceptors (Lipinski definition) is 4. The van der Waals surface area contributed by atoms with E-state index >= 15 is 0 Å². The van der Waals surface area contributed by atoms with Crippen LogP contribution in [0.15, 0.2) is 41.3 Å². The van der Waals surface area contributed by atoms with Crippen molar-refractivity contribution in [2.45, 2.75) is 44.0 Å². The zero-order chi connectivity index (χ0) is 23.5. The van der Waals surface area contributed by atoms with Gasteiger partial charge in [-0.1, -0.05) is 29.6 Å². The Morgan fingerprint density at radius 1 is 0.906 bits per heavy atom. The average molecular weight is 498 g/mol. The monoisotopic (exact) mass is 497 g/mol. The van der Waals surface area contributed by atoms with Gasteiger partial charge in [0, 0.05) is 30.3 Å². The summed E-state index contributed by atoms with van der Waals surface area (Å²) in [5.41, 5.74) is 0.685. The van der Waals surface area contributed by atoms with Crippen molar-refractivity contribution >= 4 is 50.7 Å². The number of rotatable bonds is 6. The van der Waals surface area contributed by atoms with E-state index in [0.29, 0.717) is 18.7 Å². The molecular formula is C22H25Cl2N3O4S. The van der Waals surface area contributed by atoms with Crippen LogP contribution in [0, 0.1) is 0 Å². The van der Waals surface area contributed by atoms with Gasteiger partial charge in [0.2, 0.25) is 10.0 Å². The van der Waals surface area contributed by atoms with Gasteiger partial charge in [-0.05, 0) is 63.1 Å². The smallest absolute Gasteiger partial charge is 0.255 e. The number of nitrogens with one attached hydrogen (secondary N) is 2. The first kappa shape index (κ1) is 24.5. The summed E-state index contributed by atoms with van der Waals surface area (Å²) in [6, 6.07) is 8.59. The van der Waals surface area contributed by atoms with E-state index in [0.717, 1.165) is 19.3 Å². The van der Waals surface area contributed by atoms with Crippen molar-refractivity contribution in [3.63, 3.8) is 0 Å². The molecule has 3 rings (SSSR count). The zero-order valence-electron chi connectivity index (χ0n) is 17.8. The number of carbonyl (C=O) groups is 2. The Bertz CT molecular complexity index is 1130. The van der Waals surface area contributed by atoms with Gasteiger partial charge in [0.1, 0.15) is 4.90 Å². The number of halogens is 2. The number of amides is 2. The van der Waals surface area contributed by atoms with Gasteiger partial charge in [0.15, 0.2) is 0 Å². The fraction of sp³-hybridized carbons (Fsp3) is 0.364. The van der Waals surface area contributed by atoms with Gasteiger partial charge in [-0.3, -0.25) is 9.59 Å². The molecule has 2 aromatic carbocycles. The summed E-state index contributed by atoms with van der Waals surface area (Å²) < 4.78 is 27.5. The molecule has 1 heterocycles. The first-order chi connectivity index (χ1) is 15.1. The molecule has 32 heavy (non-hydrogen) atoms. The molecule has 0 radical (unpaired) electrons. The van der Waals surface area contributed by atoms with Crippen LogP contribution < -0.4 is 10.6 Å². The van der Waals surface area contributed by atoms with E-state index in [1.807, 2.05) is 13.8 Å².